The van der Waals surface area contributed by atoms with Crippen LogP contribution in [-0.4, -0.2) is 9.55 Å². The molecule has 1 aromatic heterocycles. The van der Waals surface area contributed by atoms with Gasteiger partial charge in [0, 0.05) is 5.69 Å². The number of halogens is 1. The summed E-state index contributed by atoms with van der Waals surface area (Å²) in [5.74, 6) is 1.11. The molecular weight excluding hydrogens is 282 g/mol. The number of hydrogen-bond acceptors (Lipinski definition) is 2. The van der Waals surface area contributed by atoms with Crippen molar-refractivity contribution in [3.8, 4) is 11.8 Å². The number of nitriles is 1. The minimum absolute atomic E-state index is 0.325. The third-order valence-corrected chi connectivity index (χ3v) is 3.81. The van der Waals surface area contributed by atoms with Crippen LogP contribution in [0.3, 0.4) is 0 Å². The predicted molar refractivity (Wildman–Crippen MR) is 84.7 cm³/mol. The zero-order chi connectivity index (χ0) is 14.8. The van der Waals surface area contributed by atoms with E-state index in [9.17, 15) is 0 Å². The molecule has 0 saturated heterocycles. The van der Waals surface area contributed by atoms with Gasteiger partial charge in [-0.2, -0.15) is 5.26 Å². The summed E-state index contributed by atoms with van der Waals surface area (Å²) in [6.07, 6.45) is 1.01. The molecule has 0 fully saturated rings. The van der Waals surface area contributed by atoms with Crippen LogP contribution in [0.15, 0.2) is 42.5 Å². The summed E-state index contributed by atoms with van der Waals surface area (Å²) in [6.45, 7) is 2.13. The van der Waals surface area contributed by atoms with Gasteiger partial charge in [-0.15, -0.1) is 11.6 Å². The molecule has 0 radical (unpaired) electrons. The first-order chi connectivity index (χ1) is 10.3. The highest BCUT2D eigenvalue weighted by Crippen LogP contribution is 2.24. The van der Waals surface area contributed by atoms with Gasteiger partial charge in [0.1, 0.15) is 5.82 Å². The van der Waals surface area contributed by atoms with E-state index in [1.807, 2.05) is 16.7 Å². The van der Waals surface area contributed by atoms with Crippen molar-refractivity contribution in [3.63, 3.8) is 0 Å². The van der Waals surface area contributed by atoms with Gasteiger partial charge in [-0.3, -0.25) is 4.57 Å². The Morgan fingerprint density at radius 3 is 2.57 bits per heavy atom. The zero-order valence-electron chi connectivity index (χ0n) is 11.7. The lowest BCUT2D eigenvalue weighted by molar-refractivity contribution is 0.979. The number of imidazole rings is 1. The van der Waals surface area contributed by atoms with E-state index in [4.69, 9.17) is 16.9 Å². The van der Waals surface area contributed by atoms with Crippen molar-refractivity contribution in [2.24, 2.45) is 0 Å². The lowest BCUT2D eigenvalue weighted by atomic mass is 10.1. The largest absolute Gasteiger partial charge is 0.295 e. The Hall–Kier alpha value is -2.31. The van der Waals surface area contributed by atoms with Crippen LogP contribution < -0.4 is 0 Å². The predicted octanol–water partition coefficient (Wildman–Crippen LogP) is 4.20. The number of alkyl halides is 1. The van der Waals surface area contributed by atoms with Crippen LogP contribution in [0.25, 0.3) is 16.7 Å². The van der Waals surface area contributed by atoms with Crippen molar-refractivity contribution in [1.29, 1.82) is 5.26 Å². The topological polar surface area (TPSA) is 41.6 Å². The minimum Gasteiger partial charge on any atom is -0.295 e. The lowest BCUT2D eigenvalue weighted by Gasteiger charge is -2.08. The van der Waals surface area contributed by atoms with Crippen molar-refractivity contribution < 1.29 is 0 Å². The molecule has 4 heteroatoms. The highest BCUT2D eigenvalue weighted by molar-refractivity contribution is 6.17. The molecule has 0 aliphatic rings. The number of rotatable bonds is 3. The fourth-order valence-corrected chi connectivity index (χ4v) is 2.63. The average Bonchev–Trinajstić information content (AvgIpc) is 2.92. The molecule has 0 amide bonds. The molecule has 1 heterocycles. The first-order valence-corrected chi connectivity index (χ1v) is 7.37. The third kappa shape index (κ3) is 2.39. The molecule has 21 heavy (non-hydrogen) atoms. The molecule has 0 aliphatic carbocycles. The summed E-state index contributed by atoms with van der Waals surface area (Å²) in [5.41, 5.74) is 4.68. The van der Waals surface area contributed by atoms with E-state index < -0.39 is 0 Å². The van der Waals surface area contributed by atoms with Crippen molar-refractivity contribution in [2.75, 3.05) is 0 Å². The van der Waals surface area contributed by atoms with E-state index in [2.05, 4.69) is 42.2 Å². The molecule has 3 rings (SSSR count). The Kier molecular flexibility index (Phi) is 3.64. The Balaban J connectivity index is 2.25. The van der Waals surface area contributed by atoms with Crippen LogP contribution in [0.5, 0.6) is 0 Å². The Bertz CT molecular complexity index is 826. The number of benzene rings is 2. The molecule has 3 nitrogen and oxygen atoms in total. The van der Waals surface area contributed by atoms with Gasteiger partial charge in [-0.1, -0.05) is 19.1 Å². The lowest BCUT2D eigenvalue weighted by Crippen LogP contribution is -1.99. The Morgan fingerprint density at radius 2 is 1.95 bits per heavy atom. The Labute approximate surface area is 128 Å². The highest BCUT2D eigenvalue weighted by Gasteiger charge is 2.12. The third-order valence-electron chi connectivity index (χ3n) is 3.58. The number of nitrogens with zero attached hydrogens (tertiary/aromatic N) is 3. The highest BCUT2D eigenvalue weighted by atomic mass is 35.5. The second-order valence-electron chi connectivity index (χ2n) is 4.83. The quantitative estimate of drug-likeness (QED) is 0.680. The van der Waals surface area contributed by atoms with E-state index in [0.29, 0.717) is 11.4 Å². The van der Waals surface area contributed by atoms with Gasteiger partial charge < -0.3 is 0 Å². The number of fused-ring (bicyclic) bond motifs is 1. The van der Waals surface area contributed by atoms with E-state index in [0.717, 1.165) is 29.0 Å². The van der Waals surface area contributed by atoms with Gasteiger partial charge in [0.15, 0.2) is 0 Å². The summed E-state index contributed by atoms with van der Waals surface area (Å²) in [4.78, 5) is 4.55. The molecule has 0 N–H and O–H groups in total. The first kappa shape index (κ1) is 13.7. The van der Waals surface area contributed by atoms with Crippen molar-refractivity contribution in [3.05, 3.63) is 59.4 Å². The summed E-state index contributed by atoms with van der Waals surface area (Å²) < 4.78 is 2.02. The maximum Gasteiger partial charge on any atom is 0.129 e. The molecule has 0 spiro atoms. The van der Waals surface area contributed by atoms with Gasteiger partial charge in [0.2, 0.25) is 0 Å². The van der Waals surface area contributed by atoms with Gasteiger partial charge in [-0.25, -0.2) is 4.98 Å². The molecule has 0 saturated carbocycles. The van der Waals surface area contributed by atoms with Crippen LogP contribution in [0.1, 0.15) is 23.9 Å². The van der Waals surface area contributed by atoms with Gasteiger partial charge >= 0.3 is 0 Å². The summed E-state index contributed by atoms with van der Waals surface area (Å²) in [7, 11) is 0. The zero-order valence-corrected chi connectivity index (χ0v) is 12.4. The van der Waals surface area contributed by atoms with E-state index >= 15 is 0 Å². The van der Waals surface area contributed by atoms with Crippen LogP contribution in [0, 0.1) is 11.3 Å². The van der Waals surface area contributed by atoms with Crippen LogP contribution >= 0.6 is 11.6 Å². The maximum absolute atomic E-state index is 9.09. The van der Waals surface area contributed by atoms with Gasteiger partial charge in [0.25, 0.3) is 0 Å². The maximum atomic E-state index is 9.09. The van der Waals surface area contributed by atoms with Crippen molar-refractivity contribution >= 4 is 22.6 Å². The number of aryl methyl sites for hydroxylation is 1. The second-order valence-corrected chi connectivity index (χ2v) is 5.10. The summed E-state index contributed by atoms with van der Waals surface area (Å²) >= 11 is 6.04. The molecule has 3 aromatic rings. The van der Waals surface area contributed by atoms with E-state index in [1.165, 1.54) is 5.56 Å². The summed E-state index contributed by atoms with van der Waals surface area (Å²) in [6, 6.07) is 16.0. The van der Waals surface area contributed by atoms with Crippen LogP contribution in [-0.2, 0) is 12.3 Å². The molecule has 104 valence electrons. The van der Waals surface area contributed by atoms with Crippen molar-refractivity contribution in [1.82, 2.24) is 9.55 Å². The van der Waals surface area contributed by atoms with Gasteiger partial charge in [0.05, 0.1) is 28.5 Å². The molecular formula is C17H14ClN3. The van der Waals surface area contributed by atoms with Gasteiger partial charge in [-0.05, 0) is 42.3 Å². The molecule has 0 bridgehead atoms. The standard InChI is InChI=1S/C17H14ClN3/c1-2-12-3-6-14(7-4-12)21-16-9-13(11-19)5-8-15(16)20-17(21)10-18/h3-9H,2,10H2,1H3. The molecule has 2 aromatic carbocycles. The van der Waals surface area contributed by atoms with Crippen molar-refractivity contribution in [2.45, 2.75) is 19.2 Å². The first-order valence-electron chi connectivity index (χ1n) is 6.83. The van der Waals surface area contributed by atoms with Crippen LogP contribution in [0.2, 0.25) is 0 Å². The van der Waals surface area contributed by atoms with Crippen LogP contribution in [0.4, 0.5) is 0 Å². The number of hydrogen-bond donors (Lipinski definition) is 0. The minimum atomic E-state index is 0.325. The Morgan fingerprint density at radius 1 is 1.19 bits per heavy atom. The smallest absolute Gasteiger partial charge is 0.129 e. The second kappa shape index (κ2) is 5.59. The van der Waals surface area contributed by atoms with E-state index in [-0.39, 0.29) is 0 Å². The van der Waals surface area contributed by atoms with E-state index in [1.54, 1.807) is 6.07 Å². The average molecular weight is 296 g/mol. The molecule has 0 atom stereocenters. The fraction of sp³-hybridized carbons (Fsp3) is 0.176. The monoisotopic (exact) mass is 295 g/mol. The SMILES string of the molecule is CCc1ccc(-n2c(CCl)nc3ccc(C#N)cc32)cc1. The fourth-order valence-electron chi connectivity index (χ4n) is 2.45. The summed E-state index contributed by atoms with van der Waals surface area (Å²) in [5, 5.41) is 9.09. The molecule has 0 unspecified atom stereocenters. The number of aromatic nitrogens is 2. The normalized spacial score (nSPS) is 10.7. The molecule has 0 aliphatic heterocycles.